The molecule has 2 N–H and O–H groups in total. The highest BCUT2D eigenvalue weighted by molar-refractivity contribution is 5.76. The zero-order valence-electron chi connectivity index (χ0n) is 11.0. The zero-order chi connectivity index (χ0) is 13.1. The van der Waals surface area contributed by atoms with Crippen molar-refractivity contribution in [2.75, 3.05) is 0 Å². The van der Waals surface area contributed by atoms with Crippen molar-refractivity contribution in [2.45, 2.75) is 37.8 Å². The summed E-state index contributed by atoms with van der Waals surface area (Å²) in [5.41, 5.74) is 1.18. The molecule has 0 radical (unpaired) electrons. The molecule has 1 saturated carbocycles. The molecule has 2 fully saturated rings. The van der Waals surface area contributed by atoms with Gasteiger partial charge in [-0.15, -0.1) is 0 Å². The Labute approximate surface area is 114 Å². The van der Waals surface area contributed by atoms with E-state index in [2.05, 4.69) is 34.9 Å². The monoisotopic (exact) mass is 256 g/mol. The van der Waals surface area contributed by atoms with Gasteiger partial charge in [-0.1, -0.05) is 55.3 Å². The largest absolute Gasteiger partial charge is 0.335 e. The van der Waals surface area contributed by atoms with Gasteiger partial charge in [0.15, 0.2) is 0 Å². The van der Waals surface area contributed by atoms with Crippen LogP contribution in [0.2, 0.25) is 0 Å². The van der Waals surface area contributed by atoms with E-state index in [1.165, 1.54) is 24.8 Å². The van der Waals surface area contributed by atoms with E-state index in [0.29, 0.717) is 12.0 Å². The Hall–Kier alpha value is -1.77. The molecule has 100 valence electrons. The van der Waals surface area contributed by atoms with Crippen molar-refractivity contribution in [3.63, 3.8) is 0 Å². The number of rotatable bonds is 2. The predicted molar refractivity (Wildman–Crippen MR) is 76.7 cm³/mol. The van der Waals surface area contributed by atoms with Crippen LogP contribution in [0.3, 0.4) is 0 Å². The topological polar surface area (TPSA) is 41.1 Å². The van der Waals surface area contributed by atoms with Crippen molar-refractivity contribution in [3.8, 4) is 0 Å². The van der Waals surface area contributed by atoms with Gasteiger partial charge in [0.05, 0.1) is 6.04 Å². The molecule has 19 heavy (non-hydrogen) atoms. The first kappa shape index (κ1) is 12.3. The molecule has 3 atom stereocenters. The lowest BCUT2D eigenvalue weighted by atomic mass is 9.78. The van der Waals surface area contributed by atoms with Crippen LogP contribution < -0.4 is 10.6 Å². The number of carbonyl (C=O) groups excluding carboxylic acids is 1. The minimum atomic E-state index is -0.0224. The van der Waals surface area contributed by atoms with E-state index in [1.54, 1.807) is 0 Å². The molecule has 1 aromatic carbocycles. The van der Waals surface area contributed by atoms with Crippen LogP contribution in [0, 0.1) is 5.92 Å². The summed E-state index contributed by atoms with van der Waals surface area (Å²) in [6.45, 7) is 0. The van der Waals surface area contributed by atoms with Gasteiger partial charge < -0.3 is 10.6 Å². The number of fused-ring (bicyclic) bond motifs is 1. The van der Waals surface area contributed by atoms with Crippen LogP contribution in [0.5, 0.6) is 0 Å². The van der Waals surface area contributed by atoms with Crippen molar-refractivity contribution in [1.29, 1.82) is 0 Å². The molecule has 3 nitrogen and oxygen atoms in total. The molecule has 0 bridgehead atoms. The summed E-state index contributed by atoms with van der Waals surface area (Å²) >= 11 is 0. The molecule has 3 heteroatoms. The van der Waals surface area contributed by atoms with Crippen LogP contribution in [-0.2, 0) is 0 Å². The number of amides is 2. The molecule has 1 aliphatic carbocycles. The van der Waals surface area contributed by atoms with E-state index in [0.717, 1.165) is 6.42 Å². The van der Waals surface area contributed by atoms with Gasteiger partial charge in [-0.3, -0.25) is 0 Å². The minimum absolute atomic E-state index is 0.0224. The van der Waals surface area contributed by atoms with Gasteiger partial charge in [-0.2, -0.15) is 0 Å². The van der Waals surface area contributed by atoms with E-state index < -0.39 is 0 Å². The lowest BCUT2D eigenvalue weighted by molar-refractivity contribution is 0.176. The summed E-state index contributed by atoms with van der Waals surface area (Å²) in [4.78, 5) is 11.7. The minimum Gasteiger partial charge on any atom is -0.335 e. The second-order valence-corrected chi connectivity index (χ2v) is 5.47. The highest BCUT2D eigenvalue weighted by Crippen LogP contribution is 2.30. The molecular weight excluding hydrogens is 236 g/mol. The van der Waals surface area contributed by atoms with Crippen LogP contribution >= 0.6 is 0 Å². The number of carbonyl (C=O) groups is 1. The summed E-state index contributed by atoms with van der Waals surface area (Å²) in [7, 11) is 0. The fraction of sp³-hybridized carbons (Fsp3) is 0.438. The summed E-state index contributed by atoms with van der Waals surface area (Å²) in [6.07, 6.45) is 9.08. The van der Waals surface area contributed by atoms with Gasteiger partial charge in [0.2, 0.25) is 0 Å². The maximum atomic E-state index is 11.7. The third kappa shape index (κ3) is 2.80. The number of hydrogen-bond donors (Lipinski definition) is 2. The normalized spacial score (nSPS) is 30.5. The predicted octanol–water partition coefficient (Wildman–Crippen LogP) is 2.94. The smallest absolute Gasteiger partial charge is 0.315 e. The first-order chi connectivity index (χ1) is 9.33. The Bertz CT molecular complexity index is 469. The van der Waals surface area contributed by atoms with E-state index in [9.17, 15) is 4.79 Å². The van der Waals surface area contributed by atoms with Gasteiger partial charge in [0.1, 0.15) is 0 Å². The molecule has 1 aromatic rings. The highest BCUT2D eigenvalue weighted by atomic mass is 16.2. The van der Waals surface area contributed by atoms with E-state index in [4.69, 9.17) is 0 Å². The van der Waals surface area contributed by atoms with Crippen LogP contribution in [0.15, 0.2) is 36.4 Å². The Morgan fingerprint density at radius 1 is 1.05 bits per heavy atom. The summed E-state index contributed by atoms with van der Waals surface area (Å²) < 4.78 is 0. The first-order valence-corrected chi connectivity index (χ1v) is 7.13. The van der Waals surface area contributed by atoms with Crippen molar-refractivity contribution in [1.82, 2.24) is 10.6 Å². The Kier molecular flexibility index (Phi) is 3.53. The maximum Gasteiger partial charge on any atom is 0.315 e. The molecule has 0 aromatic heterocycles. The van der Waals surface area contributed by atoms with Gasteiger partial charge in [-0.25, -0.2) is 4.79 Å². The number of hydrogen-bond acceptors (Lipinski definition) is 1. The molecule has 2 amide bonds. The van der Waals surface area contributed by atoms with Crippen LogP contribution in [0.25, 0.3) is 6.08 Å². The van der Waals surface area contributed by atoms with Gasteiger partial charge in [0.25, 0.3) is 0 Å². The maximum absolute atomic E-state index is 11.7. The second kappa shape index (κ2) is 5.47. The standard InChI is InChI=1S/C16H20N2O/c19-16-17-14-9-5-4-8-13(14)15(18-16)11-10-12-6-2-1-3-7-12/h1-3,6-7,10-11,13-15H,4-5,8-9H2,(H2,17,18,19). The summed E-state index contributed by atoms with van der Waals surface area (Å²) in [5, 5.41) is 6.11. The van der Waals surface area contributed by atoms with Gasteiger partial charge >= 0.3 is 6.03 Å². The van der Waals surface area contributed by atoms with Gasteiger partial charge in [0, 0.05) is 12.0 Å². The molecule has 1 aliphatic heterocycles. The van der Waals surface area contributed by atoms with Crippen molar-refractivity contribution in [3.05, 3.63) is 42.0 Å². The van der Waals surface area contributed by atoms with Crippen LogP contribution in [-0.4, -0.2) is 18.1 Å². The molecular formula is C16H20N2O. The molecule has 1 heterocycles. The van der Waals surface area contributed by atoms with Crippen LogP contribution in [0.1, 0.15) is 31.2 Å². The third-order valence-corrected chi connectivity index (χ3v) is 4.19. The van der Waals surface area contributed by atoms with E-state index in [-0.39, 0.29) is 12.1 Å². The molecule has 1 saturated heterocycles. The lowest BCUT2D eigenvalue weighted by Crippen LogP contribution is -2.60. The van der Waals surface area contributed by atoms with Crippen molar-refractivity contribution >= 4 is 12.1 Å². The van der Waals surface area contributed by atoms with Crippen molar-refractivity contribution < 1.29 is 4.79 Å². The fourth-order valence-corrected chi connectivity index (χ4v) is 3.21. The third-order valence-electron chi connectivity index (χ3n) is 4.19. The molecule has 3 rings (SSSR count). The Morgan fingerprint density at radius 2 is 1.84 bits per heavy atom. The van der Waals surface area contributed by atoms with E-state index in [1.807, 2.05) is 18.2 Å². The Balaban J connectivity index is 1.74. The SMILES string of the molecule is O=C1NC(C=Cc2ccccc2)C2CCCCC2N1. The number of nitrogens with one attached hydrogen (secondary N) is 2. The Morgan fingerprint density at radius 3 is 2.68 bits per heavy atom. The molecule has 2 aliphatic rings. The summed E-state index contributed by atoms with van der Waals surface area (Å²) in [5.74, 6) is 0.534. The second-order valence-electron chi connectivity index (χ2n) is 5.47. The average Bonchev–Trinajstić information content (AvgIpc) is 2.45. The molecule has 3 unspecified atom stereocenters. The average molecular weight is 256 g/mol. The quantitative estimate of drug-likeness (QED) is 0.839. The summed E-state index contributed by atoms with van der Waals surface area (Å²) in [6, 6.07) is 10.7. The van der Waals surface area contributed by atoms with Crippen LogP contribution in [0.4, 0.5) is 4.79 Å². The van der Waals surface area contributed by atoms with Crippen molar-refractivity contribution in [2.24, 2.45) is 5.92 Å². The first-order valence-electron chi connectivity index (χ1n) is 7.13. The van der Waals surface area contributed by atoms with E-state index >= 15 is 0 Å². The highest BCUT2D eigenvalue weighted by Gasteiger charge is 2.36. The fourth-order valence-electron chi connectivity index (χ4n) is 3.21. The molecule has 0 spiro atoms. The zero-order valence-corrected chi connectivity index (χ0v) is 11.0. The van der Waals surface area contributed by atoms with Gasteiger partial charge in [-0.05, 0) is 18.4 Å². The lowest BCUT2D eigenvalue weighted by Gasteiger charge is -2.41. The number of urea groups is 1. The number of benzene rings is 1.